The lowest BCUT2D eigenvalue weighted by Gasteiger charge is -2.12. The molecule has 0 bridgehead atoms. The van der Waals surface area contributed by atoms with Gasteiger partial charge in [-0.25, -0.2) is 0 Å². The molecule has 0 N–H and O–H groups in total. The van der Waals surface area contributed by atoms with E-state index < -0.39 is 0 Å². The van der Waals surface area contributed by atoms with Crippen LogP contribution in [0, 0.1) is 0 Å². The number of oxazole rings is 1. The first-order valence-corrected chi connectivity index (χ1v) is 13.2. The van der Waals surface area contributed by atoms with E-state index in [1.54, 1.807) is 0 Å². The molecular formula is C35H21N3O. The minimum atomic E-state index is 0.582. The molecule has 4 heteroatoms. The lowest BCUT2D eigenvalue weighted by atomic mass is 9.99. The third-order valence-electron chi connectivity index (χ3n) is 7.92. The summed E-state index contributed by atoms with van der Waals surface area (Å²) >= 11 is 0. The van der Waals surface area contributed by atoms with Gasteiger partial charge < -0.3 is 8.98 Å². The molecule has 9 aromatic rings. The van der Waals surface area contributed by atoms with Gasteiger partial charge in [-0.1, -0.05) is 91.0 Å². The summed E-state index contributed by atoms with van der Waals surface area (Å²) in [7, 11) is 0. The molecule has 0 aliphatic rings. The van der Waals surface area contributed by atoms with Gasteiger partial charge in [0.1, 0.15) is 5.52 Å². The molecule has 0 saturated carbocycles. The van der Waals surface area contributed by atoms with Gasteiger partial charge in [-0.05, 0) is 36.4 Å². The standard InChI is InChI=1S/C35H21N3O/c1-2-12-22(13-3-1)37-28-19-9-6-16-25(28)31-32-26-17-7-10-20-29(26)38(35-36-27-18-8-11-21-30(27)39-35)34(32)24-15-5-4-14-23(24)33(31)37/h1-21H. The van der Waals surface area contributed by atoms with Gasteiger partial charge in [0.2, 0.25) is 0 Å². The van der Waals surface area contributed by atoms with E-state index in [9.17, 15) is 0 Å². The highest BCUT2D eigenvalue weighted by Crippen LogP contribution is 2.46. The van der Waals surface area contributed by atoms with Crippen LogP contribution in [0.5, 0.6) is 0 Å². The maximum absolute atomic E-state index is 6.40. The molecular weight excluding hydrogens is 478 g/mol. The highest BCUT2D eigenvalue weighted by Gasteiger charge is 2.25. The third-order valence-corrected chi connectivity index (χ3v) is 7.92. The molecule has 39 heavy (non-hydrogen) atoms. The molecule has 0 atom stereocenters. The highest BCUT2D eigenvalue weighted by atomic mass is 16.4. The van der Waals surface area contributed by atoms with Crippen molar-refractivity contribution in [2.24, 2.45) is 0 Å². The van der Waals surface area contributed by atoms with E-state index in [-0.39, 0.29) is 0 Å². The van der Waals surface area contributed by atoms with E-state index in [4.69, 9.17) is 9.40 Å². The molecule has 3 aromatic heterocycles. The van der Waals surface area contributed by atoms with Crippen LogP contribution in [0.3, 0.4) is 0 Å². The fraction of sp³-hybridized carbons (Fsp3) is 0. The number of benzene rings is 6. The van der Waals surface area contributed by atoms with E-state index in [0.717, 1.165) is 27.8 Å². The van der Waals surface area contributed by atoms with Crippen LogP contribution in [0.4, 0.5) is 0 Å². The zero-order valence-electron chi connectivity index (χ0n) is 20.9. The summed E-state index contributed by atoms with van der Waals surface area (Å²) < 4.78 is 11.0. The Morgan fingerprint density at radius 2 is 0.974 bits per heavy atom. The quantitative estimate of drug-likeness (QED) is 0.238. The zero-order valence-corrected chi connectivity index (χ0v) is 20.9. The molecule has 0 saturated heterocycles. The molecule has 0 spiro atoms. The van der Waals surface area contributed by atoms with Crippen LogP contribution in [0.15, 0.2) is 132 Å². The maximum Gasteiger partial charge on any atom is 0.307 e. The predicted octanol–water partition coefficient (Wildman–Crippen LogP) is 9.18. The Bertz CT molecular complexity index is 2360. The van der Waals surface area contributed by atoms with Crippen LogP contribution in [-0.2, 0) is 0 Å². The Labute approximate surface area is 222 Å². The number of para-hydroxylation sites is 5. The van der Waals surface area contributed by atoms with Gasteiger partial charge in [0, 0.05) is 38.0 Å². The highest BCUT2D eigenvalue weighted by molar-refractivity contribution is 6.37. The molecule has 9 rings (SSSR count). The summed E-state index contributed by atoms with van der Waals surface area (Å²) in [4.78, 5) is 4.95. The monoisotopic (exact) mass is 499 g/mol. The summed E-state index contributed by atoms with van der Waals surface area (Å²) in [6, 6.07) is 45.3. The van der Waals surface area contributed by atoms with Gasteiger partial charge in [-0.3, -0.25) is 4.57 Å². The van der Waals surface area contributed by atoms with Crippen LogP contribution in [0.1, 0.15) is 0 Å². The lowest BCUT2D eigenvalue weighted by Crippen LogP contribution is -1.96. The SMILES string of the molecule is c1ccc(-n2c3ccccc3c3c4c5ccccc5n(-c5nc6ccccc6o5)c4c4ccccc4c32)cc1. The number of hydrogen-bond donors (Lipinski definition) is 0. The molecule has 0 fully saturated rings. The maximum atomic E-state index is 6.40. The van der Waals surface area contributed by atoms with E-state index in [2.05, 4.69) is 112 Å². The first kappa shape index (κ1) is 20.7. The Balaban J connectivity index is 1.61. The minimum Gasteiger partial charge on any atom is -0.423 e. The molecule has 3 heterocycles. The van der Waals surface area contributed by atoms with E-state index in [1.165, 1.54) is 43.4 Å². The van der Waals surface area contributed by atoms with Crippen LogP contribution in [0.2, 0.25) is 0 Å². The zero-order chi connectivity index (χ0) is 25.5. The van der Waals surface area contributed by atoms with Crippen molar-refractivity contribution in [2.75, 3.05) is 0 Å². The van der Waals surface area contributed by atoms with Crippen LogP contribution >= 0.6 is 0 Å². The Hall–Kier alpha value is -5.35. The molecule has 0 amide bonds. The summed E-state index contributed by atoms with van der Waals surface area (Å²) in [5.74, 6) is 0. The molecule has 0 radical (unpaired) electrons. The van der Waals surface area contributed by atoms with Crippen molar-refractivity contribution in [3.63, 3.8) is 0 Å². The summed E-state index contributed by atoms with van der Waals surface area (Å²) in [6.45, 7) is 0. The minimum absolute atomic E-state index is 0.582. The first-order chi connectivity index (χ1) is 19.4. The fourth-order valence-electron chi connectivity index (χ4n) is 6.39. The van der Waals surface area contributed by atoms with Crippen molar-refractivity contribution in [1.82, 2.24) is 14.1 Å². The second kappa shape index (κ2) is 7.59. The smallest absolute Gasteiger partial charge is 0.307 e. The summed E-state index contributed by atoms with van der Waals surface area (Å²) in [5.41, 5.74) is 7.38. The lowest BCUT2D eigenvalue weighted by molar-refractivity contribution is 0.574. The molecule has 0 aliphatic carbocycles. The van der Waals surface area contributed by atoms with Gasteiger partial charge in [-0.2, -0.15) is 4.98 Å². The molecule has 4 nitrogen and oxygen atoms in total. The van der Waals surface area contributed by atoms with Crippen molar-refractivity contribution in [3.8, 4) is 11.7 Å². The predicted molar refractivity (Wildman–Crippen MR) is 160 cm³/mol. The number of aromatic nitrogens is 3. The summed E-state index contributed by atoms with van der Waals surface area (Å²) in [5, 5.41) is 7.23. The fourth-order valence-corrected chi connectivity index (χ4v) is 6.39. The molecule has 182 valence electrons. The van der Waals surface area contributed by atoms with Gasteiger partial charge in [0.05, 0.1) is 22.1 Å². The Kier molecular flexibility index (Phi) is 4.02. The number of rotatable bonds is 2. The van der Waals surface area contributed by atoms with E-state index in [1.807, 2.05) is 24.3 Å². The van der Waals surface area contributed by atoms with Crippen molar-refractivity contribution >= 4 is 65.5 Å². The Morgan fingerprint density at radius 3 is 1.64 bits per heavy atom. The van der Waals surface area contributed by atoms with Crippen molar-refractivity contribution in [1.29, 1.82) is 0 Å². The van der Waals surface area contributed by atoms with Gasteiger partial charge in [-0.15, -0.1) is 0 Å². The second-order valence-corrected chi connectivity index (χ2v) is 10.00. The third kappa shape index (κ3) is 2.70. The topological polar surface area (TPSA) is 35.9 Å². The molecule has 0 unspecified atom stereocenters. The largest absolute Gasteiger partial charge is 0.423 e. The van der Waals surface area contributed by atoms with E-state index in [0.29, 0.717) is 6.01 Å². The Morgan fingerprint density at radius 1 is 0.462 bits per heavy atom. The van der Waals surface area contributed by atoms with Crippen molar-refractivity contribution < 1.29 is 4.42 Å². The van der Waals surface area contributed by atoms with Gasteiger partial charge in [0.15, 0.2) is 5.58 Å². The van der Waals surface area contributed by atoms with Crippen LogP contribution in [-0.4, -0.2) is 14.1 Å². The number of fused-ring (bicyclic) bond motifs is 11. The normalized spacial score (nSPS) is 12.1. The molecule has 0 aliphatic heterocycles. The molecule has 6 aromatic carbocycles. The second-order valence-electron chi connectivity index (χ2n) is 10.00. The average molecular weight is 500 g/mol. The summed E-state index contributed by atoms with van der Waals surface area (Å²) in [6.07, 6.45) is 0. The van der Waals surface area contributed by atoms with Crippen LogP contribution in [0.25, 0.3) is 77.2 Å². The average Bonchev–Trinajstić information content (AvgIpc) is 3.68. The van der Waals surface area contributed by atoms with E-state index >= 15 is 0 Å². The van der Waals surface area contributed by atoms with Crippen LogP contribution < -0.4 is 0 Å². The van der Waals surface area contributed by atoms with Gasteiger partial charge >= 0.3 is 6.01 Å². The first-order valence-electron chi connectivity index (χ1n) is 13.2. The van der Waals surface area contributed by atoms with Crippen molar-refractivity contribution in [3.05, 3.63) is 127 Å². The number of hydrogen-bond acceptors (Lipinski definition) is 2. The van der Waals surface area contributed by atoms with Gasteiger partial charge in [0.25, 0.3) is 0 Å². The number of nitrogens with zero attached hydrogens (tertiary/aromatic N) is 3. The van der Waals surface area contributed by atoms with Crippen molar-refractivity contribution in [2.45, 2.75) is 0 Å².